The van der Waals surface area contributed by atoms with Gasteiger partial charge in [0.1, 0.15) is 0 Å². The minimum absolute atomic E-state index is 0.0124. The Balaban J connectivity index is 1.79. The monoisotopic (exact) mass is 444 g/mol. The summed E-state index contributed by atoms with van der Waals surface area (Å²) in [7, 11) is 0.455. The van der Waals surface area contributed by atoms with Crippen LogP contribution in [0.5, 0.6) is 17.2 Å². The van der Waals surface area contributed by atoms with Crippen LogP contribution in [0.25, 0.3) is 0 Å². The van der Waals surface area contributed by atoms with Crippen molar-refractivity contribution < 1.29 is 27.4 Å². The lowest BCUT2D eigenvalue weighted by Gasteiger charge is -2.15. The summed E-state index contributed by atoms with van der Waals surface area (Å²) in [5.41, 5.74) is 0.608. The highest BCUT2D eigenvalue weighted by Gasteiger charge is 2.21. The molecule has 0 aliphatic carbocycles. The van der Waals surface area contributed by atoms with Gasteiger partial charge >= 0.3 is 0 Å². The van der Waals surface area contributed by atoms with Gasteiger partial charge in [-0.1, -0.05) is 0 Å². The highest BCUT2D eigenvalue weighted by atomic mass is 32.2. The average Bonchev–Trinajstić information content (AvgIpc) is 2.78. The van der Waals surface area contributed by atoms with Crippen molar-refractivity contribution in [3.8, 4) is 17.2 Å². The molecule has 0 radical (unpaired) electrons. The third-order valence-electron chi connectivity index (χ3n) is 4.16. The third kappa shape index (κ3) is 4.83. The van der Waals surface area contributed by atoms with Crippen molar-refractivity contribution in [3.63, 3.8) is 0 Å². The topological polar surface area (TPSA) is 129 Å². The molecule has 3 aromatic rings. The molecule has 0 aliphatic rings. The molecular formula is C20H20N4O6S. The first-order chi connectivity index (χ1) is 14.9. The number of nitrogens with zero attached hydrogens (tertiary/aromatic N) is 2. The van der Waals surface area contributed by atoms with Gasteiger partial charge in [-0.15, -0.1) is 0 Å². The Hall–Kier alpha value is -3.86. The predicted octanol–water partition coefficient (Wildman–Crippen LogP) is 2.56. The number of hydrogen-bond donors (Lipinski definition) is 2. The number of amides is 1. The highest BCUT2D eigenvalue weighted by molar-refractivity contribution is 7.92. The zero-order valence-corrected chi connectivity index (χ0v) is 17.8. The van der Waals surface area contributed by atoms with Gasteiger partial charge in [0.05, 0.1) is 31.8 Å². The SMILES string of the molecule is COc1ccc(C(=O)Nc2ccc(S(=O)(=O)Nc3ncccn3)cc2)c(OC)c1OC. The summed E-state index contributed by atoms with van der Waals surface area (Å²) in [5.74, 6) is 0.406. The van der Waals surface area contributed by atoms with Crippen LogP contribution in [0.4, 0.5) is 11.6 Å². The maximum Gasteiger partial charge on any atom is 0.264 e. The molecule has 0 bridgehead atoms. The van der Waals surface area contributed by atoms with Crippen LogP contribution in [0.3, 0.4) is 0 Å². The van der Waals surface area contributed by atoms with E-state index in [2.05, 4.69) is 20.0 Å². The minimum Gasteiger partial charge on any atom is -0.493 e. The minimum atomic E-state index is -3.88. The van der Waals surface area contributed by atoms with E-state index in [1.54, 1.807) is 12.1 Å². The number of hydrogen-bond acceptors (Lipinski definition) is 8. The van der Waals surface area contributed by atoms with E-state index in [1.807, 2.05) is 0 Å². The van der Waals surface area contributed by atoms with E-state index in [9.17, 15) is 13.2 Å². The fourth-order valence-corrected chi connectivity index (χ4v) is 3.68. The van der Waals surface area contributed by atoms with Crippen molar-refractivity contribution in [1.82, 2.24) is 9.97 Å². The number of anilines is 2. The lowest BCUT2D eigenvalue weighted by molar-refractivity contribution is 0.102. The summed E-state index contributed by atoms with van der Waals surface area (Å²) in [6, 6.07) is 10.3. The average molecular weight is 444 g/mol. The Morgan fingerprint density at radius 2 is 1.52 bits per heavy atom. The van der Waals surface area contributed by atoms with Crippen molar-refractivity contribution >= 4 is 27.6 Å². The number of nitrogens with one attached hydrogen (secondary N) is 2. The molecule has 0 fully saturated rings. The molecule has 0 atom stereocenters. The Kier molecular flexibility index (Phi) is 6.55. The van der Waals surface area contributed by atoms with E-state index in [0.717, 1.165) is 0 Å². The number of carbonyl (C=O) groups is 1. The smallest absolute Gasteiger partial charge is 0.264 e. The summed E-state index contributed by atoms with van der Waals surface area (Å²) in [5, 5.41) is 2.69. The predicted molar refractivity (Wildman–Crippen MR) is 113 cm³/mol. The highest BCUT2D eigenvalue weighted by Crippen LogP contribution is 2.39. The molecule has 2 aromatic carbocycles. The first kappa shape index (κ1) is 21.8. The fourth-order valence-electron chi connectivity index (χ4n) is 2.73. The van der Waals surface area contributed by atoms with Crippen LogP contribution >= 0.6 is 0 Å². The lowest BCUT2D eigenvalue weighted by atomic mass is 10.1. The molecule has 0 spiro atoms. The molecule has 1 heterocycles. The van der Waals surface area contributed by atoms with Gasteiger partial charge in [-0.2, -0.15) is 0 Å². The number of sulfonamides is 1. The molecule has 0 unspecified atom stereocenters. The van der Waals surface area contributed by atoms with Gasteiger partial charge in [-0.05, 0) is 42.5 Å². The Morgan fingerprint density at radius 1 is 0.871 bits per heavy atom. The summed E-state index contributed by atoms with van der Waals surface area (Å²) >= 11 is 0. The zero-order chi connectivity index (χ0) is 22.4. The van der Waals surface area contributed by atoms with Crippen LogP contribution in [0.1, 0.15) is 10.4 Å². The summed E-state index contributed by atoms with van der Waals surface area (Å²) < 4.78 is 43.0. The van der Waals surface area contributed by atoms with Crippen molar-refractivity contribution in [2.75, 3.05) is 31.4 Å². The number of methoxy groups -OCH3 is 3. The Morgan fingerprint density at radius 3 is 2.10 bits per heavy atom. The molecule has 1 aromatic heterocycles. The van der Waals surface area contributed by atoms with E-state index in [4.69, 9.17) is 14.2 Å². The first-order valence-electron chi connectivity index (χ1n) is 8.90. The van der Waals surface area contributed by atoms with Gasteiger partial charge in [0.25, 0.3) is 15.9 Å². The van der Waals surface area contributed by atoms with Crippen LogP contribution in [0.15, 0.2) is 59.8 Å². The van der Waals surface area contributed by atoms with E-state index in [0.29, 0.717) is 11.4 Å². The van der Waals surface area contributed by atoms with Crippen molar-refractivity contribution in [2.45, 2.75) is 4.90 Å². The van der Waals surface area contributed by atoms with Crippen LogP contribution in [-0.4, -0.2) is 45.6 Å². The zero-order valence-electron chi connectivity index (χ0n) is 16.9. The summed E-state index contributed by atoms with van der Waals surface area (Å²) in [6.07, 6.45) is 2.85. The van der Waals surface area contributed by atoms with Crippen molar-refractivity contribution in [2.24, 2.45) is 0 Å². The van der Waals surface area contributed by atoms with Crippen LogP contribution in [-0.2, 0) is 10.0 Å². The second-order valence-corrected chi connectivity index (χ2v) is 7.72. The molecule has 0 saturated carbocycles. The molecule has 11 heteroatoms. The summed E-state index contributed by atoms with van der Waals surface area (Å²) in [4.78, 5) is 20.4. The molecule has 0 saturated heterocycles. The van der Waals surface area contributed by atoms with Crippen molar-refractivity contribution in [3.05, 3.63) is 60.4 Å². The maximum atomic E-state index is 12.7. The van der Waals surface area contributed by atoms with Gasteiger partial charge in [0.2, 0.25) is 11.7 Å². The quantitative estimate of drug-likeness (QED) is 0.542. The van der Waals surface area contributed by atoms with Gasteiger partial charge in [0, 0.05) is 18.1 Å². The van der Waals surface area contributed by atoms with Crippen LogP contribution < -0.4 is 24.2 Å². The normalized spacial score (nSPS) is 10.8. The van der Waals surface area contributed by atoms with E-state index in [-0.39, 0.29) is 27.9 Å². The standard InChI is InChI=1S/C20H20N4O6S/c1-28-16-10-9-15(17(29-2)18(16)30-3)19(25)23-13-5-7-14(8-6-13)31(26,27)24-20-21-11-4-12-22-20/h4-12H,1-3H3,(H,23,25)(H,21,22,24). The molecule has 3 rings (SSSR count). The molecule has 1 amide bonds. The lowest BCUT2D eigenvalue weighted by Crippen LogP contribution is -2.16. The number of carbonyl (C=O) groups excluding carboxylic acids is 1. The van der Waals surface area contributed by atoms with E-state index in [1.165, 1.54) is 64.1 Å². The van der Waals surface area contributed by atoms with E-state index >= 15 is 0 Å². The van der Waals surface area contributed by atoms with Crippen LogP contribution in [0, 0.1) is 0 Å². The summed E-state index contributed by atoms with van der Waals surface area (Å²) in [6.45, 7) is 0. The molecular weight excluding hydrogens is 424 g/mol. The van der Waals surface area contributed by atoms with Crippen LogP contribution in [0.2, 0.25) is 0 Å². The fraction of sp³-hybridized carbons (Fsp3) is 0.150. The Bertz CT molecular complexity index is 1170. The Labute approximate surface area is 179 Å². The van der Waals surface area contributed by atoms with Gasteiger partial charge < -0.3 is 19.5 Å². The second kappa shape index (κ2) is 9.30. The number of ether oxygens (including phenoxy) is 3. The third-order valence-corrected chi connectivity index (χ3v) is 5.51. The largest absolute Gasteiger partial charge is 0.493 e. The first-order valence-corrected chi connectivity index (χ1v) is 10.4. The van der Waals surface area contributed by atoms with Crippen molar-refractivity contribution in [1.29, 1.82) is 0 Å². The number of aromatic nitrogens is 2. The second-order valence-electron chi connectivity index (χ2n) is 6.04. The van der Waals surface area contributed by atoms with Gasteiger partial charge in [0.15, 0.2) is 11.5 Å². The number of rotatable bonds is 8. The molecule has 0 aliphatic heterocycles. The molecule has 162 valence electrons. The molecule has 2 N–H and O–H groups in total. The van der Waals surface area contributed by atoms with Gasteiger partial charge in [-0.3, -0.25) is 4.79 Å². The van der Waals surface area contributed by atoms with Gasteiger partial charge in [-0.25, -0.2) is 23.1 Å². The van der Waals surface area contributed by atoms with E-state index < -0.39 is 15.9 Å². The molecule has 31 heavy (non-hydrogen) atoms. The maximum absolute atomic E-state index is 12.7. The molecule has 10 nitrogen and oxygen atoms in total. The number of benzene rings is 2.